The van der Waals surface area contributed by atoms with E-state index in [1.807, 2.05) is 66.7 Å². The highest BCUT2D eigenvalue weighted by atomic mass is 28.4. The molecular weight excluding hydrogens is 248 g/mol. The van der Waals surface area contributed by atoms with Gasteiger partial charge >= 0.3 is 0 Å². The Morgan fingerprint density at radius 2 is 1.37 bits per heavy atom. The molecule has 0 aromatic heterocycles. The lowest BCUT2D eigenvalue weighted by Crippen LogP contribution is -2.58. The van der Waals surface area contributed by atoms with Crippen LogP contribution in [0, 0.1) is 0 Å². The van der Waals surface area contributed by atoms with E-state index >= 15 is 0 Å². The van der Waals surface area contributed by atoms with Gasteiger partial charge in [-0.1, -0.05) is 66.7 Å². The van der Waals surface area contributed by atoms with Gasteiger partial charge in [0, 0.05) is 0 Å². The Labute approximate surface area is 116 Å². The average molecular weight is 268 g/mol. The second-order valence-corrected chi connectivity index (χ2v) is 8.15. The van der Waals surface area contributed by atoms with Gasteiger partial charge in [0.15, 0.2) is 0 Å². The van der Waals surface area contributed by atoms with Crippen LogP contribution in [0.4, 0.5) is 0 Å². The van der Waals surface area contributed by atoms with Gasteiger partial charge in [0.1, 0.15) is 0 Å². The molecule has 0 atom stereocenters. The van der Waals surface area contributed by atoms with Crippen LogP contribution in [0.2, 0.25) is 6.04 Å². The van der Waals surface area contributed by atoms with E-state index in [0.29, 0.717) is 0 Å². The molecule has 0 fully saturated rings. The molecule has 2 heteroatoms. The minimum absolute atomic E-state index is 0.840. The van der Waals surface area contributed by atoms with Crippen molar-refractivity contribution in [2.45, 2.75) is 18.9 Å². The Morgan fingerprint density at radius 1 is 0.895 bits per heavy atom. The van der Waals surface area contributed by atoms with Crippen LogP contribution in [0.15, 0.2) is 73.3 Å². The fraction of sp³-hybridized carbons (Fsp3) is 0.176. The Hall–Kier alpha value is -1.64. The molecular formula is C17H20OSi. The van der Waals surface area contributed by atoms with Crippen molar-refractivity contribution in [3.8, 4) is 0 Å². The zero-order valence-electron chi connectivity index (χ0n) is 11.1. The Morgan fingerprint density at radius 3 is 1.79 bits per heavy atom. The normalized spacial score (nSPS) is 11.2. The standard InChI is InChI=1S/C17H20OSi/c1-2-3-10-15-19(18,16-11-6-4-7-12-16)17-13-8-5-9-14-17/h2,4-9,11-14,18H,1,3,10,15H2. The molecule has 2 rings (SSSR count). The lowest BCUT2D eigenvalue weighted by atomic mass is 10.3. The summed E-state index contributed by atoms with van der Waals surface area (Å²) in [7, 11) is -2.59. The lowest BCUT2D eigenvalue weighted by Gasteiger charge is -2.26. The number of allylic oxidation sites excluding steroid dienone is 1. The van der Waals surface area contributed by atoms with E-state index in [1.165, 1.54) is 0 Å². The molecule has 0 aliphatic rings. The number of unbranched alkanes of at least 4 members (excludes halogenated alkanes) is 1. The van der Waals surface area contributed by atoms with E-state index in [-0.39, 0.29) is 0 Å². The van der Waals surface area contributed by atoms with Crippen molar-refractivity contribution in [3.63, 3.8) is 0 Å². The molecule has 2 aromatic carbocycles. The maximum Gasteiger partial charge on any atom is 0.252 e. The maximum absolute atomic E-state index is 11.3. The fourth-order valence-corrected chi connectivity index (χ4v) is 5.50. The molecule has 0 radical (unpaired) electrons. The van der Waals surface area contributed by atoms with Crippen LogP contribution in [-0.4, -0.2) is 13.1 Å². The van der Waals surface area contributed by atoms with Crippen molar-refractivity contribution in [1.29, 1.82) is 0 Å². The summed E-state index contributed by atoms with van der Waals surface area (Å²) in [6, 6.07) is 21.0. The number of hydrogen-bond acceptors (Lipinski definition) is 1. The number of benzene rings is 2. The van der Waals surface area contributed by atoms with Crippen molar-refractivity contribution in [2.24, 2.45) is 0 Å². The highest BCUT2D eigenvalue weighted by molar-refractivity contribution is 6.96. The van der Waals surface area contributed by atoms with Gasteiger partial charge in [0.2, 0.25) is 0 Å². The molecule has 2 aromatic rings. The van der Waals surface area contributed by atoms with Crippen LogP contribution in [0.5, 0.6) is 0 Å². The van der Waals surface area contributed by atoms with Crippen LogP contribution < -0.4 is 10.4 Å². The van der Waals surface area contributed by atoms with Crippen molar-refractivity contribution in [2.75, 3.05) is 0 Å². The summed E-state index contributed by atoms with van der Waals surface area (Å²) in [4.78, 5) is 11.3. The third-order valence-corrected chi connectivity index (χ3v) is 7.10. The third-order valence-electron chi connectivity index (χ3n) is 3.45. The van der Waals surface area contributed by atoms with Crippen molar-refractivity contribution in [1.82, 2.24) is 0 Å². The second kappa shape index (κ2) is 6.50. The van der Waals surface area contributed by atoms with Gasteiger partial charge in [-0.2, -0.15) is 0 Å². The molecule has 0 saturated heterocycles. The molecule has 0 bridgehead atoms. The molecule has 0 unspecified atom stereocenters. The van der Waals surface area contributed by atoms with E-state index in [9.17, 15) is 4.80 Å². The first-order valence-electron chi connectivity index (χ1n) is 6.72. The van der Waals surface area contributed by atoms with Crippen LogP contribution in [-0.2, 0) is 0 Å². The highest BCUT2D eigenvalue weighted by Gasteiger charge is 2.34. The van der Waals surface area contributed by atoms with Crippen LogP contribution >= 0.6 is 0 Å². The summed E-state index contributed by atoms with van der Waals surface area (Å²) in [6.07, 6.45) is 3.86. The van der Waals surface area contributed by atoms with Crippen molar-refractivity contribution in [3.05, 3.63) is 73.3 Å². The third kappa shape index (κ3) is 3.22. The first kappa shape index (κ1) is 13.8. The van der Waals surface area contributed by atoms with E-state index in [0.717, 1.165) is 29.3 Å². The maximum atomic E-state index is 11.3. The molecule has 98 valence electrons. The van der Waals surface area contributed by atoms with Crippen LogP contribution in [0.3, 0.4) is 0 Å². The second-order valence-electron chi connectivity index (χ2n) is 4.77. The zero-order chi connectivity index (χ0) is 13.6. The van der Waals surface area contributed by atoms with Gasteiger partial charge < -0.3 is 4.80 Å². The molecule has 1 N–H and O–H groups in total. The van der Waals surface area contributed by atoms with Crippen molar-refractivity contribution >= 4 is 18.7 Å². The van der Waals surface area contributed by atoms with Gasteiger partial charge in [-0.15, -0.1) is 6.58 Å². The molecule has 19 heavy (non-hydrogen) atoms. The Kier molecular flexibility index (Phi) is 4.72. The summed E-state index contributed by atoms with van der Waals surface area (Å²) in [5.74, 6) is 0. The Bertz CT molecular complexity index is 468. The largest absolute Gasteiger partial charge is 0.424 e. The van der Waals surface area contributed by atoms with Gasteiger partial charge in [-0.3, -0.25) is 0 Å². The van der Waals surface area contributed by atoms with Gasteiger partial charge in [-0.05, 0) is 29.3 Å². The minimum Gasteiger partial charge on any atom is -0.424 e. The van der Waals surface area contributed by atoms with Gasteiger partial charge in [0.25, 0.3) is 8.32 Å². The monoisotopic (exact) mass is 268 g/mol. The molecule has 0 spiro atoms. The summed E-state index contributed by atoms with van der Waals surface area (Å²) in [6.45, 7) is 3.76. The lowest BCUT2D eigenvalue weighted by molar-refractivity contribution is 0.560. The van der Waals surface area contributed by atoms with Gasteiger partial charge in [-0.25, -0.2) is 0 Å². The summed E-state index contributed by atoms with van der Waals surface area (Å²) < 4.78 is 0. The van der Waals surface area contributed by atoms with Crippen LogP contribution in [0.1, 0.15) is 12.8 Å². The highest BCUT2D eigenvalue weighted by Crippen LogP contribution is 2.12. The smallest absolute Gasteiger partial charge is 0.252 e. The van der Waals surface area contributed by atoms with Crippen molar-refractivity contribution < 1.29 is 4.80 Å². The van der Waals surface area contributed by atoms with E-state index in [1.54, 1.807) is 0 Å². The topological polar surface area (TPSA) is 20.2 Å². The number of rotatable bonds is 6. The molecule has 0 amide bonds. The number of hydrogen-bond donors (Lipinski definition) is 1. The van der Waals surface area contributed by atoms with E-state index in [2.05, 4.69) is 6.58 Å². The molecule has 0 aliphatic carbocycles. The molecule has 0 heterocycles. The SMILES string of the molecule is C=CCCC[Si](O)(c1ccccc1)c1ccccc1. The van der Waals surface area contributed by atoms with Gasteiger partial charge in [0.05, 0.1) is 0 Å². The first-order valence-corrected chi connectivity index (χ1v) is 8.87. The summed E-state index contributed by atoms with van der Waals surface area (Å²) in [5, 5.41) is 2.18. The predicted molar refractivity (Wildman–Crippen MR) is 84.4 cm³/mol. The minimum atomic E-state index is -2.59. The Balaban J connectivity index is 2.35. The molecule has 0 aliphatic heterocycles. The average Bonchev–Trinajstić information content (AvgIpc) is 2.49. The first-order chi connectivity index (χ1) is 9.27. The van der Waals surface area contributed by atoms with Crippen LogP contribution in [0.25, 0.3) is 0 Å². The summed E-state index contributed by atoms with van der Waals surface area (Å²) in [5.41, 5.74) is 0. The zero-order valence-corrected chi connectivity index (χ0v) is 12.1. The quantitative estimate of drug-likeness (QED) is 0.485. The molecule has 1 nitrogen and oxygen atoms in total. The van der Waals surface area contributed by atoms with E-state index in [4.69, 9.17) is 0 Å². The predicted octanol–water partition coefficient (Wildman–Crippen LogP) is 2.70. The fourth-order valence-electron chi connectivity index (χ4n) is 2.39. The van der Waals surface area contributed by atoms with E-state index < -0.39 is 8.32 Å². The summed E-state index contributed by atoms with van der Waals surface area (Å²) >= 11 is 0. The molecule has 0 saturated carbocycles.